The molecule has 2 N–H and O–H groups in total. The number of nitrogens with two attached hydrogens (primary N) is 1. The molecule has 0 amide bonds. The summed E-state index contributed by atoms with van der Waals surface area (Å²) < 4.78 is 5.77. The number of pyridine rings is 1. The van der Waals surface area contributed by atoms with E-state index in [9.17, 15) is 0 Å². The topological polar surface area (TPSA) is 52.0 Å². The number of hydrogen-bond donors (Lipinski definition) is 1. The van der Waals surface area contributed by atoms with Crippen LogP contribution in [0.15, 0.2) is 47.0 Å². The quantitative estimate of drug-likeness (QED) is 0.689. The van der Waals surface area contributed by atoms with E-state index in [1.807, 2.05) is 24.3 Å². The van der Waals surface area contributed by atoms with Crippen LogP contribution in [0.1, 0.15) is 5.56 Å². The van der Waals surface area contributed by atoms with Crippen molar-refractivity contribution >= 4 is 16.7 Å². The summed E-state index contributed by atoms with van der Waals surface area (Å²) in [7, 11) is 0. The summed E-state index contributed by atoms with van der Waals surface area (Å²) in [5.74, 6) is 0.751. The molecule has 0 saturated heterocycles. The maximum Gasteiger partial charge on any atom is 0.153 e. The number of hydrogen-bond acceptors (Lipinski definition) is 3. The highest BCUT2D eigenvalue weighted by Gasteiger charge is 2.08. The summed E-state index contributed by atoms with van der Waals surface area (Å²) in [4.78, 5) is 4.26. The van der Waals surface area contributed by atoms with Gasteiger partial charge in [-0.15, -0.1) is 0 Å². The van der Waals surface area contributed by atoms with Gasteiger partial charge in [-0.2, -0.15) is 0 Å². The van der Waals surface area contributed by atoms with Crippen molar-refractivity contribution in [1.82, 2.24) is 4.98 Å². The second kappa shape index (κ2) is 3.63. The molecule has 2 aromatic heterocycles. The molecule has 0 unspecified atom stereocenters. The molecule has 0 aliphatic heterocycles. The van der Waals surface area contributed by atoms with Gasteiger partial charge in [0.25, 0.3) is 0 Å². The van der Waals surface area contributed by atoms with Crippen molar-refractivity contribution < 1.29 is 4.42 Å². The molecule has 0 saturated carbocycles. The molecule has 0 atom stereocenters. The van der Waals surface area contributed by atoms with Crippen molar-refractivity contribution in [3.63, 3.8) is 0 Å². The fourth-order valence-electron chi connectivity index (χ4n) is 1.91. The van der Waals surface area contributed by atoms with Crippen LogP contribution in [0, 0.1) is 6.92 Å². The molecule has 3 aromatic rings. The third-order valence-corrected chi connectivity index (χ3v) is 2.82. The fraction of sp³-hybridized carbons (Fsp3) is 0.0714. The highest BCUT2D eigenvalue weighted by Crippen LogP contribution is 2.28. The van der Waals surface area contributed by atoms with Crippen LogP contribution in [-0.2, 0) is 0 Å². The molecule has 0 fully saturated rings. The first-order chi connectivity index (χ1) is 8.24. The Bertz CT molecular complexity index is 686. The summed E-state index contributed by atoms with van der Waals surface area (Å²) in [6.45, 7) is 2.06. The van der Waals surface area contributed by atoms with E-state index in [2.05, 4.69) is 18.0 Å². The minimum atomic E-state index is 0.687. The van der Waals surface area contributed by atoms with Crippen LogP contribution in [0.4, 0.5) is 5.69 Å². The Balaban J connectivity index is 2.22. The first-order valence-corrected chi connectivity index (χ1v) is 5.45. The highest BCUT2D eigenvalue weighted by molar-refractivity contribution is 5.85. The number of aryl methyl sites for hydroxylation is 1. The van der Waals surface area contributed by atoms with Gasteiger partial charge in [-0.3, -0.25) is 4.98 Å². The van der Waals surface area contributed by atoms with E-state index in [4.69, 9.17) is 10.2 Å². The second-order valence-corrected chi connectivity index (χ2v) is 4.07. The van der Waals surface area contributed by atoms with Crippen LogP contribution in [0.2, 0.25) is 0 Å². The van der Waals surface area contributed by atoms with E-state index in [-0.39, 0.29) is 0 Å². The predicted octanol–water partition coefficient (Wildman–Crippen LogP) is 3.39. The van der Waals surface area contributed by atoms with Crippen molar-refractivity contribution in [2.75, 3.05) is 5.73 Å². The summed E-state index contributed by atoms with van der Waals surface area (Å²) >= 11 is 0. The smallest absolute Gasteiger partial charge is 0.153 e. The van der Waals surface area contributed by atoms with E-state index in [0.29, 0.717) is 5.69 Å². The molecule has 0 aliphatic rings. The van der Waals surface area contributed by atoms with Crippen molar-refractivity contribution in [3.8, 4) is 11.5 Å². The van der Waals surface area contributed by atoms with Gasteiger partial charge in [0.2, 0.25) is 0 Å². The Morgan fingerprint density at radius 1 is 1.18 bits per heavy atom. The van der Waals surface area contributed by atoms with E-state index in [1.165, 1.54) is 5.56 Å². The van der Waals surface area contributed by atoms with Crippen LogP contribution in [0.25, 0.3) is 22.4 Å². The number of fused-ring (bicyclic) bond motifs is 1. The Hall–Kier alpha value is -2.29. The molecule has 0 radical (unpaired) electrons. The van der Waals surface area contributed by atoms with Gasteiger partial charge >= 0.3 is 0 Å². The number of anilines is 1. The SMILES string of the molecule is Cc1cccc2oc(-c3cc(N)ccn3)cc12. The number of rotatable bonds is 1. The molecular weight excluding hydrogens is 212 g/mol. The number of nitrogens with zero attached hydrogens (tertiary/aromatic N) is 1. The molecule has 3 nitrogen and oxygen atoms in total. The number of aromatic nitrogens is 1. The molecular formula is C14H12N2O. The molecule has 3 heteroatoms. The number of furan rings is 1. The molecule has 3 rings (SSSR count). The van der Waals surface area contributed by atoms with Gasteiger partial charge in [0.1, 0.15) is 11.3 Å². The van der Waals surface area contributed by atoms with Crippen LogP contribution >= 0.6 is 0 Å². The molecule has 1 aromatic carbocycles. The minimum absolute atomic E-state index is 0.687. The van der Waals surface area contributed by atoms with Crippen LogP contribution in [-0.4, -0.2) is 4.98 Å². The third kappa shape index (κ3) is 1.65. The van der Waals surface area contributed by atoms with Crippen molar-refractivity contribution in [2.24, 2.45) is 0 Å². The lowest BCUT2D eigenvalue weighted by Crippen LogP contribution is -1.86. The van der Waals surface area contributed by atoms with E-state index in [0.717, 1.165) is 22.4 Å². The van der Waals surface area contributed by atoms with Gasteiger partial charge in [0.05, 0.1) is 0 Å². The van der Waals surface area contributed by atoms with Crippen LogP contribution in [0.3, 0.4) is 0 Å². The standard InChI is InChI=1S/C14H12N2O/c1-9-3-2-4-13-11(9)8-14(17-13)12-7-10(15)5-6-16-12/h2-8H,1H3,(H2,15,16). The predicted molar refractivity (Wildman–Crippen MR) is 68.6 cm³/mol. The molecule has 84 valence electrons. The average molecular weight is 224 g/mol. The van der Waals surface area contributed by atoms with Crippen molar-refractivity contribution in [3.05, 3.63) is 48.2 Å². The second-order valence-electron chi connectivity index (χ2n) is 4.07. The van der Waals surface area contributed by atoms with Gasteiger partial charge in [0, 0.05) is 17.3 Å². The zero-order valence-electron chi connectivity index (χ0n) is 9.47. The summed E-state index contributed by atoms with van der Waals surface area (Å²) in [6, 6.07) is 11.6. The summed E-state index contributed by atoms with van der Waals surface area (Å²) in [5, 5.41) is 1.12. The van der Waals surface area contributed by atoms with Gasteiger partial charge in [-0.05, 0) is 36.8 Å². The normalized spacial score (nSPS) is 10.9. The molecule has 2 heterocycles. The first kappa shape index (κ1) is 9.90. The Morgan fingerprint density at radius 2 is 2.06 bits per heavy atom. The van der Waals surface area contributed by atoms with E-state index >= 15 is 0 Å². The average Bonchev–Trinajstić information content (AvgIpc) is 2.74. The first-order valence-electron chi connectivity index (χ1n) is 5.45. The number of benzene rings is 1. The molecule has 0 aliphatic carbocycles. The third-order valence-electron chi connectivity index (χ3n) is 2.82. The van der Waals surface area contributed by atoms with Crippen molar-refractivity contribution in [2.45, 2.75) is 6.92 Å². The largest absolute Gasteiger partial charge is 0.454 e. The van der Waals surface area contributed by atoms with Crippen molar-refractivity contribution in [1.29, 1.82) is 0 Å². The zero-order valence-corrected chi connectivity index (χ0v) is 9.47. The van der Waals surface area contributed by atoms with Gasteiger partial charge in [-0.25, -0.2) is 0 Å². The molecule has 0 bridgehead atoms. The lowest BCUT2D eigenvalue weighted by molar-refractivity contribution is 0.628. The van der Waals surface area contributed by atoms with Crippen LogP contribution < -0.4 is 5.73 Å². The Labute approximate surface area is 98.9 Å². The lowest BCUT2D eigenvalue weighted by Gasteiger charge is -1.96. The number of nitrogen functional groups attached to an aromatic ring is 1. The maximum atomic E-state index is 5.77. The van der Waals surface area contributed by atoms with Gasteiger partial charge in [0.15, 0.2) is 5.76 Å². The van der Waals surface area contributed by atoms with E-state index in [1.54, 1.807) is 12.3 Å². The lowest BCUT2D eigenvalue weighted by atomic mass is 10.1. The van der Waals surface area contributed by atoms with E-state index < -0.39 is 0 Å². The van der Waals surface area contributed by atoms with Gasteiger partial charge in [-0.1, -0.05) is 12.1 Å². The molecule has 0 spiro atoms. The summed E-state index contributed by atoms with van der Waals surface area (Å²) in [5.41, 5.74) is 9.26. The highest BCUT2D eigenvalue weighted by atomic mass is 16.3. The zero-order chi connectivity index (χ0) is 11.8. The molecule has 17 heavy (non-hydrogen) atoms. The summed E-state index contributed by atoms with van der Waals surface area (Å²) in [6.07, 6.45) is 1.69. The van der Waals surface area contributed by atoms with Gasteiger partial charge < -0.3 is 10.2 Å². The minimum Gasteiger partial charge on any atom is -0.454 e. The fourth-order valence-corrected chi connectivity index (χ4v) is 1.91. The Morgan fingerprint density at radius 3 is 2.82 bits per heavy atom. The monoisotopic (exact) mass is 224 g/mol. The van der Waals surface area contributed by atoms with Crippen LogP contribution in [0.5, 0.6) is 0 Å². The Kier molecular flexibility index (Phi) is 2.11. The maximum absolute atomic E-state index is 5.77.